The first-order valence-electron chi connectivity index (χ1n) is 8.18. The largest absolute Gasteiger partial charge is 0.377 e. The molecule has 3 fully saturated rings. The van der Waals surface area contributed by atoms with Gasteiger partial charge < -0.3 is 37.9 Å². The predicted octanol–water partition coefficient (Wildman–Crippen LogP) is -0.406. The van der Waals surface area contributed by atoms with Crippen LogP contribution in [0.4, 0.5) is 0 Å². The van der Waals surface area contributed by atoms with Crippen molar-refractivity contribution in [2.24, 2.45) is 0 Å². The van der Waals surface area contributed by atoms with Gasteiger partial charge in [-0.15, -0.1) is 0 Å². The molecule has 1 spiro atoms. The standard InChI is InChI=1S/C15H26O8/c1-2-17-4-6-19-8-14-10-21-12-15(23-14)11-20-9-13(22-15)7-18-5-3-16-1/h13-14H,1-12H2. The van der Waals surface area contributed by atoms with Crippen LogP contribution in [0, 0.1) is 0 Å². The van der Waals surface area contributed by atoms with E-state index in [1.54, 1.807) is 0 Å². The zero-order chi connectivity index (χ0) is 15.8. The second kappa shape index (κ2) is 9.24. The molecule has 3 heterocycles. The van der Waals surface area contributed by atoms with Gasteiger partial charge in [0, 0.05) is 0 Å². The van der Waals surface area contributed by atoms with Crippen molar-refractivity contribution >= 4 is 0 Å². The van der Waals surface area contributed by atoms with Gasteiger partial charge in [-0.05, 0) is 0 Å². The number of hydrogen-bond acceptors (Lipinski definition) is 8. The molecule has 0 N–H and O–H groups in total. The molecule has 3 bridgehead atoms. The van der Waals surface area contributed by atoms with Crippen molar-refractivity contribution in [3.8, 4) is 0 Å². The van der Waals surface area contributed by atoms with Gasteiger partial charge in [0.25, 0.3) is 0 Å². The van der Waals surface area contributed by atoms with Crippen LogP contribution in [0.15, 0.2) is 0 Å². The molecular formula is C15H26O8. The second-order valence-electron chi connectivity index (χ2n) is 5.80. The second-order valence-corrected chi connectivity index (χ2v) is 5.80. The highest BCUT2D eigenvalue weighted by molar-refractivity contribution is 4.81. The summed E-state index contributed by atoms with van der Waals surface area (Å²) in [6.45, 7) is 5.73. The van der Waals surface area contributed by atoms with E-state index in [1.165, 1.54) is 0 Å². The molecule has 0 aromatic rings. The molecule has 0 saturated carbocycles. The normalized spacial score (nSPS) is 38.6. The lowest BCUT2D eigenvalue weighted by molar-refractivity contribution is -0.376. The summed E-state index contributed by atoms with van der Waals surface area (Å²) < 4.78 is 45.4. The molecule has 3 aliphatic rings. The van der Waals surface area contributed by atoms with Crippen molar-refractivity contribution in [2.45, 2.75) is 18.0 Å². The van der Waals surface area contributed by atoms with Crippen LogP contribution in [-0.2, 0) is 37.9 Å². The Bertz CT molecular complexity index is 307. The van der Waals surface area contributed by atoms with Gasteiger partial charge in [-0.1, -0.05) is 0 Å². The van der Waals surface area contributed by atoms with Crippen LogP contribution < -0.4 is 0 Å². The Labute approximate surface area is 136 Å². The summed E-state index contributed by atoms with van der Waals surface area (Å²) in [6.07, 6.45) is -0.350. The molecule has 0 aromatic carbocycles. The van der Waals surface area contributed by atoms with E-state index in [1.807, 2.05) is 0 Å². The molecular weight excluding hydrogens is 308 g/mol. The summed E-state index contributed by atoms with van der Waals surface area (Å²) in [7, 11) is 0. The van der Waals surface area contributed by atoms with Crippen LogP contribution >= 0.6 is 0 Å². The first-order chi connectivity index (χ1) is 11.4. The third kappa shape index (κ3) is 5.61. The minimum atomic E-state index is -0.862. The molecule has 3 aliphatic heterocycles. The van der Waals surface area contributed by atoms with Gasteiger partial charge in [0.2, 0.25) is 5.79 Å². The Kier molecular flexibility index (Phi) is 7.03. The fraction of sp³-hybridized carbons (Fsp3) is 1.00. The lowest BCUT2D eigenvalue weighted by atomic mass is 10.2. The molecule has 0 radical (unpaired) electrons. The van der Waals surface area contributed by atoms with Crippen LogP contribution in [0.3, 0.4) is 0 Å². The van der Waals surface area contributed by atoms with Crippen molar-refractivity contribution in [3.63, 3.8) is 0 Å². The quantitative estimate of drug-likeness (QED) is 0.592. The Hall–Kier alpha value is -0.320. The maximum absolute atomic E-state index is 6.05. The van der Waals surface area contributed by atoms with Crippen molar-refractivity contribution in [2.75, 3.05) is 79.3 Å². The van der Waals surface area contributed by atoms with E-state index in [0.717, 1.165) is 0 Å². The molecule has 23 heavy (non-hydrogen) atoms. The minimum Gasteiger partial charge on any atom is -0.377 e. The van der Waals surface area contributed by atoms with Gasteiger partial charge in [-0.25, -0.2) is 0 Å². The van der Waals surface area contributed by atoms with E-state index in [9.17, 15) is 0 Å². The highest BCUT2D eigenvalue weighted by Crippen LogP contribution is 2.27. The van der Waals surface area contributed by atoms with Crippen molar-refractivity contribution < 1.29 is 37.9 Å². The SMILES string of the molecule is C1COCCOCC2COCC3(COCC(COCCO1)O3)O2. The Morgan fingerprint density at radius 1 is 0.478 bits per heavy atom. The van der Waals surface area contributed by atoms with Crippen molar-refractivity contribution in [1.82, 2.24) is 0 Å². The van der Waals surface area contributed by atoms with Crippen molar-refractivity contribution in [3.05, 3.63) is 0 Å². The van der Waals surface area contributed by atoms with Gasteiger partial charge in [-0.3, -0.25) is 0 Å². The molecule has 0 aliphatic carbocycles. The molecule has 8 nitrogen and oxygen atoms in total. The fourth-order valence-corrected chi connectivity index (χ4v) is 2.72. The molecule has 134 valence electrons. The summed E-state index contributed by atoms with van der Waals surface area (Å²) in [5.41, 5.74) is 0. The lowest BCUT2D eigenvalue weighted by Crippen LogP contribution is -2.59. The molecule has 0 aromatic heterocycles. The van der Waals surface area contributed by atoms with E-state index in [0.29, 0.717) is 79.3 Å². The lowest BCUT2D eigenvalue weighted by Gasteiger charge is -2.44. The summed E-state index contributed by atoms with van der Waals surface area (Å²) in [5.74, 6) is -0.862. The van der Waals surface area contributed by atoms with Crippen LogP contribution in [-0.4, -0.2) is 97.3 Å². The van der Waals surface area contributed by atoms with E-state index in [4.69, 9.17) is 37.9 Å². The summed E-state index contributed by atoms with van der Waals surface area (Å²) in [5, 5.41) is 0. The Morgan fingerprint density at radius 3 is 1.35 bits per heavy atom. The number of fused-ring (bicyclic) bond motifs is 2. The number of ether oxygens (including phenoxy) is 8. The average molecular weight is 334 g/mol. The van der Waals surface area contributed by atoms with Crippen molar-refractivity contribution in [1.29, 1.82) is 0 Å². The first kappa shape index (κ1) is 17.5. The third-order valence-corrected chi connectivity index (χ3v) is 3.74. The zero-order valence-electron chi connectivity index (χ0n) is 13.4. The maximum Gasteiger partial charge on any atom is 0.216 e. The molecule has 0 amide bonds. The van der Waals surface area contributed by atoms with Crippen LogP contribution in [0.25, 0.3) is 0 Å². The number of hydrogen-bond donors (Lipinski definition) is 0. The maximum atomic E-state index is 6.05. The van der Waals surface area contributed by atoms with Gasteiger partial charge in [-0.2, -0.15) is 0 Å². The fourth-order valence-electron chi connectivity index (χ4n) is 2.72. The molecule has 8 heteroatoms. The first-order valence-corrected chi connectivity index (χ1v) is 8.18. The molecule has 3 rings (SSSR count). The van der Waals surface area contributed by atoms with Crippen LogP contribution in [0.5, 0.6) is 0 Å². The summed E-state index contributed by atoms with van der Waals surface area (Å²) >= 11 is 0. The number of rotatable bonds is 0. The van der Waals surface area contributed by atoms with Gasteiger partial charge in [0.1, 0.15) is 25.4 Å². The average Bonchev–Trinajstić information content (AvgIpc) is 2.55. The molecule has 2 atom stereocenters. The van der Waals surface area contributed by atoms with Crippen LogP contribution in [0.1, 0.15) is 0 Å². The summed E-state index contributed by atoms with van der Waals surface area (Å²) in [4.78, 5) is 0. The highest BCUT2D eigenvalue weighted by atomic mass is 16.8. The Balaban J connectivity index is 1.54. The van der Waals surface area contributed by atoms with E-state index in [2.05, 4.69) is 0 Å². The van der Waals surface area contributed by atoms with Gasteiger partial charge in [0.05, 0.1) is 66.1 Å². The monoisotopic (exact) mass is 334 g/mol. The third-order valence-electron chi connectivity index (χ3n) is 3.74. The predicted molar refractivity (Wildman–Crippen MR) is 77.4 cm³/mol. The summed E-state index contributed by atoms with van der Waals surface area (Å²) in [6, 6.07) is 0. The smallest absolute Gasteiger partial charge is 0.216 e. The minimum absolute atomic E-state index is 0.175. The van der Waals surface area contributed by atoms with E-state index >= 15 is 0 Å². The van der Waals surface area contributed by atoms with E-state index < -0.39 is 5.79 Å². The van der Waals surface area contributed by atoms with Gasteiger partial charge in [0.15, 0.2) is 0 Å². The van der Waals surface area contributed by atoms with Gasteiger partial charge >= 0.3 is 0 Å². The highest BCUT2D eigenvalue weighted by Gasteiger charge is 2.44. The Morgan fingerprint density at radius 2 is 0.870 bits per heavy atom. The topological polar surface area (TPSA) is 73.8 Å². The van der Waals surface area contributed by atoms with Crippen LogP contribution in [0.2, 0.25) is 0 Å². The van der Waals surface area contributed by atoms with E-state index in [-0.39, 0.29) is 12.2 Å². The zero-order valence-corrected chi connectivity index (χ0v) is 13.4. The molecule has 3 saturated heterocycles. The molecule has 2 unspecified atom stereocenters.